The van der Waals surface area contributed by atoms with Crippen LogP contribution in [0.15, 0.2) is 93.7 Å². The molecule has 222 valence electrons. The summed E-state index contributed by atoms with van der Waals surface area (Å²) >= 11 is 3.77. The molecular formula is C37H38BrNO4. The molecule has 0 saturated heterocycles. The maximum Gasteiger partial charge on any atom is 0.175 e. The number of hydrogen-bond donors (Lipinski definition) is 0. The van der Waals surface area contributed by atoms with Crippen LogP contribution in [0.3, 0.4) is 0 Å². The molecule has 0 atom stereocenters. The number of ketones is 2. The molecule has 6 rings (SSSR count). The highest BCUT2D eigenvalue weighted by atomic mass is 79.9. The molecule has 0 unspecified atom stereocenters. The van der Waals surface area contributed by atoms with Gasteiger partial charge in [-0.1, -0.05) is 60.2 Å². The summed E-state index contributed by atoms with van der Waals surface area (Å²) in [5.41, 5.74) is 8.19. The van der Waals surface area contributed by atoms with Crippen LogP contribution in [0.2, 0.25) is 0 Å². The van der Waals surface area contributed by atoms with Gasteiger partial charge >= 0.3 is 0 Å². The van der Waals surface area contributed by atoms with Gasteiger partial charge in [-0.25, -0.2) is 0 Å². The van der Waals surface area contributed by atoms with Crippen LogP contribution in [0.25, 0.3) is 0 Å². The van der Waals surface area contributed by atoms with Crippen molar-refractivity contribution in [2.45, 2.75) is 71.3 Å². The molecule has 3 aromatic rings. The van der Waals surface area contributed by atoms with E-state index in [0.29, 0.717) is 37.6 Å². The van der Waals surface area contributed by atoms with Gasteiger partial charge in [0.15, 0.2) is 23.1 Å². The Hall–Kier alpha value is -3.64. The average Bonchev–Trinajstić information content (AvgIpc) is 3.01. The summed E-state index contributed by atoms with van der Waals surface area (Å²) in [5, 5.41) is 0. The van der Waals surface area contributed by atoms with E-state index in [1.165, 1.54) is 11.1 Å². The summed E-state index contributed by atoms with van der Waals surface area (Å²) in [4.78, 5) is 29.9. The zero-order valence-electron chi connectivity index (χ0n) is 25.0. The fourth-order valence-electron chi connectivity index (χ4n) is 6.70. The predicted molar refractivity (Wildman–Crippen MR) is 172 cm³/mol. The van der Waals surface area contributed by atoms with E-state index in [-0.39, 0.29) is 11.6 Å². The number of hydrogen-bond acceptors (Lipinski definition) is 5. The zero-order valence-corrected chi connectivity index (χ0v) is 26.5. The van der Waals surface area contributed by atoms with Crippen molar-refractivity contribution in [1.29, 1.82) is 0 Å². The molecule has 3 aliphatic rings. The number of ether oxygens (including phenoxy) is 2. The normalized spacial score (nSPS) is 17.2. The second kappa shape index (κ2) is 12.9. The van der Waals surface area contributed by atoms with E-state index >= 15 is 0 Å². The third kappa shape index (κ3) is 6.08. The third-order valence-corrected chi connectivity index (χ3v) is 9.31. The van der Waals surface area contributed by atoms with Gasteiger partial charge in [-0.05, 0) is 90.7 Å². The molecule has 6 heteroatoms. The third-order valence-electron chi connectivity index (χ3n) is 8.72. The summed E-state index contributed by atoms with van der Waals surface area (Å²) < 4.78 is 13.2. The van der Waals surface area contributed by atoms with Gasteiger partial charge in [0.1, 0.15) is 6.61 Å². The van der Waals surface area contributed by atoms with E-state index in [9.17, 15) is 9.59 Å². The maximum atomic E-state index is 13.8. The molecule has 0 amide bonds. The molecular weight excluding hydrogens is 602 g/mol. The van der Waals surface area contributed by atoms with Gasteiger partial charge in [-0.15, -0.1) is 0 Å². The molecule has 0 bridgehead atoms. The predicted octanol–water partition coefficient (Wildman–Crippen LogP) is 8.39. The fraction of sp³-hybridized carbons (Fsp3) is 0.351. The molecule has 1 aliphatic heterocycles. The van der Waals surface area contributed by atoms with Crippen molar-refractivity contribution in [3.05, 3.63) is 116 Å². The van der Waals surface area contributed by atoms with E-state index in [2.05, 4.69) is 76.3 Å². The van der Waals surface area contributed by atoms with Gasteiger partial charge in [0, 0.05) is 47.8 Å². The van der Waals surface area contributed by atoms with Crippen LogP contribution in [0.5, 0.6) is 11.5 Å². The van der Waals surface area contributed by atoms with Crippen LogP contribution in [-0.4, -0.2) is 29.6 Å². The smallest absolute Gasteiger partial charge is 0.175 e. The highest BCUT2D eigenvalue weighted by Crippen LogP contribution is 2.51. The first-order chi connectivity index (χ1) is 20.9. The Kier molecular flexibility index (Phi) is 8.85. The van der Waals surface area contributed by atoms with Gasteiger partial charge in [-0.3, -0.25) is 9.59 Å². The minimum atomic E-state index is -0.403. The zero-order chi connectivity index (χ0) is 29.9. The minimum Gasteiger partial charge on any atom is -0.490 e. The summed E-state index contributed by atoms with van der Waals surface area (Å²) in [5.74, 6) is 1.13. The highest BCUT2D eigenvalue weighted by Gasteiger charge is 2.43. The van der Waals surface area contributed by atoms with Gasteiger partial charge in [0.2, 0.25) is 0 Å². The fourth-order valence-corrected chi connectivity index (χ4v) is 7.28. The molecule has 0 aromatic heterocycles. The summed E-state index contributed by atoms with van der Waals surface area (Å²) in [6, 6.07) is 22.7. The minimum absolute atomic E-state index is 0.148. The molecule has 1 heterocycles. The molecule has 3 aromatic carbocycles. The van der Waals surface area contributed by atoms with E-state index in [4.69, 9.17) is 9.47 Å². The lowest BCUT2D eigenvalue weighted by atomic mass is 9.71. The Morgan fingerprint density at radius 1 is 0.814 bits per heavy atom. The monoisotopic (exact) mass is 639 g/mol. The second-order valence-electron chi connectivity index (χ2n) is 11.6. The van der Waals surface area contributed by atoms with E-state index in [0.717, 1.165) is 76.8 Å². The number of benzene rings is 3. The molecule has 0 fully saturated rings. The van der Waals surface area contributed by atoms with Crippen molar-refractivity contribution >= 4 is 27.5 Å². The quantitative estimate of drug-likeness (QED) is 0.235. The molecule has 0 saturated carbocycles. The Morgan fingerprint density at radius 3 is 2.09 bits per heavy atom. The van der Waals surface area contributed by atoms with Crippen LogP contribution in [0.1, 0.15) is 73.6 Å². The number of nitrogens with zero attached hydrogens (tertiary/aromatic N) is 1. The molecule has 0 N–H and O–H groups in total. The van der Waals surface area contributed by atoms with Crippen LogP contribution in [-0.2, 0) is 22.6 Å². The summed E-state index contributed by atoms with van der Waals surface area (Å²) in [6.45, 7) is 5.64. The van der Waals surface area contributed by atoms with Crippen LogP contribution >= 0.6 is 15.9 Å². The number of carbonyl (C=O) groups excluding carboxylic acids is 2. The van der Waals surface area contributed by atoms with Crippen molar-refractivity contribution in [3.63, 3.8) is 0 Å². The number of halogens is 1. The lowest BCUT2D eigenvalue weighted by Crippen LogP contribution is -2.40. The van der Waals surface area contributed by atoms with Crippen molar-refractivity contribution in [3.8, 4) is 11.5 Å². The lowest BCUT2D eigenvalue weighted by Gasteiger charge is -2.44. The number of allylic oxidation sites excluding steroid dienone is 4. The molecule has 43 heavy (non-hydrogen) atoms. The molecule has 0 radical (unpaired) electrons. The van der Waals surface area contributed by atoms with Crippen LogP contribution in [0.4, 0.5) is 0 Å². The number of aryl methyl sites for hydroxylation is 1. The SMILES string of the molecule is CCOc1cc(C2C3=C(CCCC3=O)N(CCc3ccccc3)C3=C2C(=O)CCC3)cc(Br)c1OCc1ccc(C)cc1. The topological polar surface area (TPSA) is 55.8 Å². The highest BCUT2D eigenvalue weighted by molar-refractivity contribution is 9.10. The molecule has 2 aliphatic carbocycles. The molecule has 0 spiro atoms. The van der Waals surface area contributed by atoms with Gasteiger partial charge in [0.05, 0.1) is 11.1 Å². The maximum absolute atomic E-state index is 13.8. The van der Waals surface area contributed by atoms with E-state index in [1.54, 1.807) is 0 Å². The second-order valence-corrected chi connectivity index (χ2v) is 12.5. The number of rotatable bonds is 9. The Balaban J connectivity index is 1.41. The first-order valence-electron chi connectivity index (χ1n) is 15.4. The van der Waals surface area contributed by atoms with E-state index < -0.39 is 5.92 Å². The van der Waals surface area contributed by atoms with Crippen LogP contribution in [0, 0.1) is 6.92 Å². The van der Waals surface area contributed by atoms with Gasteiger partial charge < -0.3 is 14.4 Å². The lowest BCUT2D eigenvalue weighted by molar-refractivity contribution is -0.117. The standard InChI is InChI=1S/C37H38BrNO4/c1-3-42-33-22-27(21-28(38)37(33)43-23-26-17-15-24(2)16-18-26)34-35-29(11-7-13-31(35)40)39(20-19-25-9-5-4-6-10-25)30-12-8-14-32(41)36(30)34/h4-6,9-10,15-18,21-22,34H,3,7-8,11-14,19-20,23H2,1-2H3. The Morgan fingerprint density at radius 2 is 1.47 bits per heavy atom. The van der Waals surface area contributed by atoms with Crippen molar-refractivity contribution in [2.75, 3.05) is 13.2 Å². The number of carbonyl (C=O) groups is 2. The Bertz CT molecular complexity index is 1540. The summed E-state index contributed by atoms with van der Waals surface area (Å²) in [6.07, 6.45) is 5.23. The first kappa shape index (κ1) is 29.4. The summed E-state index contributed by atoms with van der Waals surface area (Å²) in [7, 11) is 0. The first-order valence-corrected chi connectivity index (χ1v) is 16.2. The van der Waals surface area contributed by atoms with E-state index in [1.807, 2.05) is 25.1 Å². The van der Waals surface area contributed by atoms with Gasteiger partial charge in [-0.2, -0.15) is 0 Å². The van der Waals surface area contributed by atoms with Crippen molar-refractivity contribution in [1.82, 2.24) is 4.90 Å². The van der Waals surface area contributed by atoms with Crippen LogP contribution < -0.4 is 9.47 Å². The van der Waals surface area contributed by atoms with Crippen molar-refractivity contribution < 1.29 is 19.1 Å². The number of Topliss-reactive ketones (excluding diaryl/α,β-unsaturated/α-hetero) is 2. The molecule has 5 nitrogen and oxygen atoms in total. The average molecular weight is 641 g/mol. The van der Waals surface area contributed by atoms with Gasteiger partial charge in [0.25, 0.3) is 0 Å². The largest absolute Gasteiger partial charge is 0.490 e. The van der Waals surface area contributed by atoms with Crippen molar-refractivity contribution in [2.24, 2.45) is 0 Å². The Labute approximate surface area is 262 Å².